The predicted molar refractivity (Wildman–Crippen MR) is 101 cm³/mol. The van der Waals surface area contributed by atoms with Crippen molar-refractivity contribution in [2.75, 3.05) is 20.3 Å². The second-order valence-corrected chi connectivity index (χ2v) is 7.34. The molecule has 1 fully saturated rings. The molecule has 1 aromatic heterocycles. The van der Waals surface area contributed by atoms with Crippen LogP contribution in [0.2, 0.25) is 0 Å². The lowest BCUT2D eigenvalue weighted by molar-refractivity contribution is 0.0507. The van der Waals surface area contributed by atoms with Crippen LogP contribution in [-0.2, 0) is 11.3 Å². The summed E-state index contributed by atoms with van der Waals surface area (Å²) in [5.74, 6) is 0.699. The highest BCUT2D eigenvalue weighted by atomic mass is 32.1. The zero-order chi connectivity index (χ0) is 18.5. The quantitative estimate of drug-likeness (QED) is 0.693. The van der Waals surface area contributed by atoms with Gasteiger partial charge in [0.25, 0.3) is 5.91 Å². The standard InChI is InChI=1S/C20H23NO4S/c1-14(22)19-10-16(13-26-19)20(23)21(12-18-4-3-9-25-18)11-15-5-7-17(24-2)8-6-15/h5-8,10,13,18H,3-4,9,11-12H2,1-2H3/t18-/m1/s1. The van der Waals surface area contributed by atoms with E-state index in [0.29, 0.717) is 23.5 Å². The van der Waals surface area contributed by atoms with Crippen molar-refractivity contribution in [1.29, 1.82) is 0 Å². The van der Waals surface area contributed by atoms with Crippen molar-refractivity contribution in [2.45, 2.75) is 32.4 Å². The molecule has 2 aromatic rings. The maximum atomic E-state index is 13.0. The molecule has 1 aromatic carbocycles. The van der Waals surface area contributed by atoms with Gasteiger partial charge in [0.1, 0.15) is 5.75 Å². The molecule has 1 aliphatic rings. The van der Waals surface area contributed by atoms with E-state index < -0.39 is 0 Å². The van der Waals surface area contributed by atoms with Crippen molar-refractivity contribution in [3.63, 3.8) is 0 Å². The van der Waals surface area contributed by atoms with E-state index in [1.807, 2.05) is 29.2 Å². The molecular weight excluding hydrogens is 350 g/mol. The van der Waals surface area contributed by atoms with E-state index in [-0.39, 0.29) is 17.8 Å². The Balaban J connectivity index is 1.78. The third-order valence-electron chi connectivity index (χ3n) is 4.46. The fourth-order valence-electron chi connectivity index (χ4n) is 3.02. The van der Waals surface area contributed by atoms with Crippen LogP contribution in [0, 0.1) is 0 Å². The maximum absolute atomic E-state index is 13.0. The van der Waals surface area contributed by atoms with Crippen molar-refractivity contribution >= 4 is 23.0 Å². The number of ether oxygens (including phenoxy) is 2. The highest BCUT2D eigenvalue weighted by molar-refractivity contribution is 7.12. The third-order valence-corrected chi connectivity index (χ3v) is 5.49. The van der Waals surface area contributed by atoms with Gasteiger partial charge in [-0.2, -0.15) is 0 Å². The molecule has 1 saturated heterocycles. The molecule has 0 radical (unpaired) electrons. The van der Waals surface area contributed by atoms with Gasteiger partial charge >= 0.3 is 0 Å². The van der Waals surface area contributed by atoms with Crippen molar-refractivity contribution in [3.8, 4) is 5.75 Å². The number of nitrogens with zero attached hydrogens (tertiary/aromatic N) is 1. The van der Waals surface area contributed by atoms with Crippen molar-refractivity contribution in [2.24, 2.45) is 0 Å². The molecule has 1 aliphatic heterocycles. The number of methoxy groups -OCH3 is 1. The number of carbonyl (C=O) groups is 2. The van der Waals surface area contributed by atoms with Gasteiger partial charge in [-0.25, -0.2) is 0 Å². The van der Waals surface area contributed by atoms with Crippen LogP contribution >= 0.6 is 11.3 Å². The molecule has 0 saturated carbocycles. The van der Waals surface area contributed by atoms with Crippen LogP contribution in [0.25, 0.3) is 0 Å². The maximum Gasteiger partial charge on any atom is 0.255 e. The minimum Gasteiger partial charge on any atom is -0.497 e. The number of thiophene rings is 1. The van der Waals surface area contributed by atoms with E-state index in [2.05, 4.69) is 0 Å². The van der Waals surface area contributed by atoms with Gasteiger partial charge in [0.2, 0.25) is 0 Å². The second kappa shape index (κ2) is 8.47. The minimum absolute atomic E-state index is 0.0186. The molecule has 0 bridgehead atoms. The molecular formula is C20H23NO4S. The summed E-state index contributed by atoms with van der Waals surface area (Å²) in [6.07, 6.45) is 2.07. The minimum atomic E-state index is -0.0694. The van der Waals surface area contributed by atoms with E-state index in [0.717, 1.165) is 30.8 Å². The van der Waals surface area contributed by atoms with Crippen molar-refractivity contribution in [3.05, 3.63) is 51.7 Å². The van der Waals surface area contributed by atoms with Crippen LogP contribution in [-0.4, -0.2) is 43.0 Å². The number of rotatable bonds is 7. The number of Topliss-reactive ketones (excluding diaryl/α,β-unsaturated/α-hetero) is 1. The summed E-state index contributed by atoms with van der Waals surface area (Å²) < 4.78 is 10.9. The molecule has 0 aliphatic carbocycles. The zero-order valence-corrected chi connectivity index (χ0v) is 15.9. The monoisotopic (exact) mass is 373 g/mol. The lowest BCUT2D eigenvalue weighted by Crippen LogP contribution is -2.36. The first-order valence-corrected chi connectivity index (χ1v) is 9.58. The smallest absolute Gasteiger partial charge is 0.255 e. The van der Waals surface area contributed by atoms with E-state index in [1.165, 1.54) is 18.3 Å². The lowest BCUT2D eigenvalue weighted by Gasteiger charge is -2.25. The first-order valence-electron chi connectivity index (χ1n) is 8.70. The van der Waals surface area contributed by atoms with E-state index in [9.17, 15) is 9.59 Å². The molecule has 5 nitrogen and oxygen atoms in total. The highest BCUT2D eigenvalue weighted by Crippen LogP contribution is 2.21. The molecule has 26 heavy (non-hydrogen) atoms. The topological polar surface area (TPSA) is 55.8 Å². The average molecular weight is 373 g/mol. The largest absolute Gasteiger partial charge is 0.497 e. The lowest BCUT2D eigenvalue weighted by atomic mass is 10.1. The summed E-state index contributed by atoms with van der Waals surface area (Å²) in [5, 5.41) is 1.76. The Labute approximate surface area is 157 Å². The van der Waals surface area contributed by atoms with Gasteiger partial charge in [0, 0.05) is 25.1 Å². The van der Waals surface area contributed by atoms with Crippen LogP contribution in [0.5, 0.6) is 5.75 Å². The van der Waals surface area contributed by atoms with Gasteiger partial charge in [0.15, 0.2) is 5.78 Å². The van der Waals surface area contributed by atoms with Crippen LogP contribution in [0.15, 0.2) is 35.7 Å². The van der Waals surface area contributed by atoms with Gasteiger partial charge in [-0.15, -0.1) is 11.3 Å². The molecule has 0 spiro atoms. The molecule has 1 amide bonds. The normalized spacial score (nSPS) is 16.5. The highest BCUT2D eigenvalue weighted by Gasteiger charge is 2.24. The Kier molecular flexibility index (Phi) is 6.06. The van der Waals surface area contributed by atoms with Crippen LogP contribution in [0.3, 0.4) is 0 Å². The van der Waals surface area contributed by atoms with E-state index >= 15 is 0 Å². The van der Waals surface area contributed by atoms with Crippen LogP contribution < -0.4 is 4.74 Å². The SMILES string of the molecule is COc1ccc(CN(C[C@H]2CCCO2)C(=O)c2csc(C(C)=O)c2)cc1. The van der Waals surface area contributed by atoms with Gasteiger partial charge in [-0.3, -0.25) is 9.59 Å². The molecule has 138 valence electrons. The average Bonchev–Trinajstić information content (AvgIpc) is 3.33. The number of hydrogen-bond acceptors (Lipinski definition) is 5. The van der Waals surface area contributed by atoms with Crippen molar-refractivity contribution < 1.29 is 19.1 Å². The Bertz CT molecular complexity index is 762. The summed E-state index contributed by atoms with van der Waals surface area (Å²) >= 11 is 1.31. The van der Waals surface area contributed by atoms with Gasteiger partial charge < -0.3 is 14.4 Å². The summed E-state index contributed by atoms with van der Waals surface area (Å²) in [7, 11) is 1.63. The fourth-order valence-corrected chi connectivity index (χ4v) is 3.80. The van der Waals surface area contributed by atoms with Crippen LogP contribution in [0.4, 0.5) is 0 Å². The molecule has 6 heteroatoms. The zero-order valence-electron chi connectivity index (χ0n) is 15.1. The Hall–Kier alpha value is -2.18. The molecule has 0 unspecified atom stereocenters. The number of carbonyl (C=O) groups excluding carboxylic acids is 2. The van der Waals surface area contributed by atoms with Gasteiger partial charge in [-0.05, 0) is 43.5 Å². The summed E-state index contributed by atoms with van der Waals surface area (Å²) in [6.45, 7) is 3.31. The number of benzene rings is 1. The number of ketones is 1. The summed E-state index contributed by atoms with van der Waals surface area (Å²) in [6, 6.07) is 9.39. The molecule has 2 heterocycles. The predicted octanol–water partition coefficient (Wildman–Crippen LogP) is 3.78. The Morgan fingerprint density at radius 2 is 2.08 bits per heavy atom. The molecule has 1 atom stereocenters. The number of hydrogen-bond donors (Lipinski definition) is 0. The first-order chi connectivity index (χ1) is 12.6. The van der Waals surface area contributed by atoms with E-state index in [4.69, 9.17) is 9.47 Å². The summed E-state index contributed by atoms with van der Waals surface area (Å²) in [5.41, 5.74) is 1.59. The van der Waals surface area contributed by atoms with E-state index in [1.54, 1.807) is 18.6 Å². The molecule has 0 N–H and O–H groups in total. The third kappa shape index (κ3) is 4.51. The summed E-state index contributed by atoms with van der Waals surface area (Å²) in [4.78, 5) is 27.0. The van der Waals surface area contributed by atoms with Gasteiger partial charge in [0.05, 0.1) is 23.7 Å². The van der Waals surface area contributed by atoms with Crippen molar-refractivity contribution in [1.82, 2.24) is 4.90 Å². The fraction of sp³-hybridized carbons (Fsp3) is 0.400. The Morgan fingerprint density at radius 1 is 1.31 bits per heavy atom. The van der Waals surface area contributed by atoms with Crippen LogP contribution in [0.1, 0.15) is 45.4 Å². The molecule has 3 rings (SSSR count). The Morgan fingerprint density at radius 3 is 2.65 bits per heavy atom. The van der Waals surface area contributed by atoms with Gasteiger partial charge in [-0.1, -0.05) is 12.1 Å². The first kappa shape index (κ1) is 18.6. The number of amides is 1. The second-order valence-electron chi connectivity index (χ2n) is 6.42.